The van der Waals surface area contributed by atoms with Crippen molar-refractivity contribution in [2.75, 3.05) is 20.3 Å². The van der Waals surface area contributed by atoms with Gasteiger partial charge in [-0.3, -0.25) is 0 Å². The minimum Gasteiger partial charge on any atom is -0.382 e. The van der Waals surface area contributed by atoms with Crippen molar-refractivity contribution in [3.8, 4) is 0 Å². The van der Waals surface area contributed by atoms with E-state index in [0.717, 1.165) is 0 Å². The summed E-state index contributed by atoms with van der Waals surface area (Å²) >= 11 is 0. The standard InChI is InChI=1S/C8H15NO2/c1-8(2)6(9)4-11-7(8)5-10-3/h7,9H,4-5H2,1-3H3. The van der Waals surface area contributed by atoms with Gasteiger partial charge in [-0.15, -0.1) is 0 Å². The van der Waals surface area contributed by atoms with Crippen LogP contribution in [0.15, 0.2) is 0 Å². The zero-order valence-corrected chi connectivity index (χ0v) is 7.31. The van der Waals surface area contributed by atoms with Gasteiger partial charge in [0.1, 0.15) is 0 Å². The maximum absolute atomic E-state index is 7.58. The summed E-state index contributed by atoms with van der Waals surface area (Å²) in [5.74, 6) is 0. The molecule has 1 aliphatic heterocycles. The molecule has 0 amide bonds. The van der Waals surface area contributed by atoms with Crippen LogP contribution >= 0.6 is 0 Å². The SMILES string of the molecule is COCC1OCC(=N)C1(C)C. The van der Waals surface area contributed by atoms with Gasteiger partial charge in [-0.25, -0.2) is 0 Å². The van der Waals surface area contributed by atoms with E-state index in [2.05, 4.69) is 0 Å². The Kier molecular flexibility index (Phi) is 2.30. The molecule has 1 heterocycles. The Balaban J connectivity index is 2.62. The summed E-state index contributed by atoms with van der Waals surface area (Å²) in [6.07, 6.45) is 0.0556. The molecule has 0 saturated carbocycles. The van der Waals surface area contributed by atoms with Crippen LogP contribution in [0, 0.1) is 10.8 Å². The van der Waals surface area contributed by atoms with Crippen LogP contribution < -0.4 is 0 Å². The Morgan fingerprint density at radius 2 is 2.36 bits per heavy atom. The van der Waals surface area contributed by atoms with E-state index >= 15 is 0 Å². The van der Waals surface area contributed by atoms with Crippen LogP contribution in [0.5, 0.6) is 0 Å². The Bertz CT molecular complexity index is 165. The highest BCUT2D eigenvalue weighted by atomic mass is 16.5. The van der Waals surface area contributed by atoms with Crippen LogP contribution in [0.4, 0.5) is 0 Å². The first-order valence-corrected chi connectivity index (χ1v) is 3.77. The molecule has 0 bridgehead atoms. The number of hydrogen-bond donors (Lipinski definition) is 1. The lowest BCUT2D eigenvalue weighted by atomic mass is 9.84. The van der Waals surface area contributed by atoms with Gasteiger partial charge in [0.25, 0.3) is 0 Å². The van der Waals surface area contributed by atoms with Crippen molar-refractivity contribution in [3.63, 3.8) is 0 Å². The van der Waals surface area contributed by atoms with Crippen molar-refractivity contribution >= 4 is 5.71 Å². The summed E-state index contributed by atoms with van der Waals surface area (Å²) in [4.78, 5) is 0. The molecule has 3 heteroatoms. The van der Waals surface area contributed by atoms with Gasteiger partial charge in [-0.2, -0.15) is 0 Å². The summed E-state index contributed by atoms with van der Waals surface area (Å²) in [6.45, 7) is 5.08. The summed E-state index contributed by atoms with van der Waals surface area (Å²) in [5, 5.41) is 7.58. The summed E-state index contributed by atoms with van der Waals surface area (Å²) in [7, 11) is 1.65. The van der Waals surface area contributed by atoms with Crippen molar-refractivity contribution in [3.05, 3.63) is 0 Å². The second kappa shape index (κ2) is 2.91. The first-order chi connectivity index (χ1) is 5.09. The summed E-state index contributed by atoms with van der Waals surface area (Å²) in [5.41, 5.74) is 0.523. The Morgan fingerprint density at radius 1 is 1.73 bits per heavy atom. The zero-order valence-electron chi connectivity index (χ0n) is 7.31. The molecule has 64 valence electrons. The van der Waals surface area contributed by atoms with Gasteiger partial charge in [-0.1, -0.05) is 13.8 Å². The van der Waals surface area contributed by atoms with Crippen LogP contribution in [-0.4, -0.2) is 32.1 Å². The molecule has 1 atom stereocenters. The molecule has 1 fully saturated rings. The largest absolute Gasteiger partial charge is 0.382 e. The third-order valence-corrected chi connectivity index (χ3v) is 2.33. The molecule has 0 aromatic heterocycles. The van der Waals surface area contributed by atoms with Crippen LogP contribution in [0.3, 0.4) is 0 Å². The molecule has 0 spiro atoms. The number of ether oxygens (including phenoxy) is 2. The van der Waals surface area contributed by atoms with Gasteiger partial charge in [-0.05, 0) is 0 Å². The molecule has 3 nitrogen and oxygen atoms in total. The number of nitrogens with one attached hydrogen (secondary N) is 1. The monoisotopic (exact) mass is 157 g/mol. The molecule has 1 unspecified atom stereocenters. The molecule has 1 rings (SSSR count). The van der Waals surface area contributed by atoms with Crippen LogP contribution in [-0.2, 0) is 9.47 Å². The van der Waals surface area contributed by atoms with Crippen molar-refractivity contribution in [1.82, 2.24) is 0 Å². The lowest BCUT2D eigenvalue weighted by molar-refractivity contribution is 0.000608. The Labute approximate surface area is 67.2 Å². The summed E-state index contributed by atoms with van der Waals surface area (Å²) < 4.78 is 10.4. The predicted molar refractivity (Wildman–Crippen MR) is 43.1 cm³/mol. The molecule has 1 saturated heterocycles. The highest BCUT2D eigenvalue weighted by molar-refractivity contribution is 5.90. The molecule has 0 radical (unpaired) electrons. The van der Waals surface area contributed by atoms with Gasteiger partial charge >= 0.3 is 0 Å². The first kappa shape index (κ1) is 8.68. The van der Waals surface area contributed by atoms with Gasteiger partial charge in [0.2, 0.25) is 0 Å². The van der Waals surface area contributed by atoms with E-state index in [-0.39, 0.29) is 11.5 Å². The molecule has 0 aromatic carbocycles. The second-order valence-corrected chi connectivity index (χ2v) is 3.46. The Morgan fingerprint density at radius 3 is 2.73 bits per heavy atom. The molecule has 0 aromatic rings. The zero-order chi connectivity index (χ0) is 8.48. The lowest BCUT2D eigenvalue weighted by Gasteiger charge is -2.23. The van der Waals surface area contributed by atoms with Crippen LogP contribution in [0.1, 0.15) is 13.8 Å². The average Bonchev–Trinajstić information content (AvgIpc) is 2.16. The topological polar surface area (TPSA) is 42.3 Å². The molecule has 1 aliphatic rings. The molecule has 0 aliphatic carbocycles. The quantitative estimate of drug-likeness (QED) is 0.651. The van der Waals surface area contributed by atoms with Crippen molar-refractivity contribution < 1.29 is 9.47 Å². The van der Waals surface area contributed by atoms with Crippen molar-refractivity contribution in [1.29, 1.82) is 5.41 Å². The van der Waals surface area contributed by atoms with Crippen LogP contribution in [0.2, 0.25) is 0 Å². The third-order valence-electron chi connectivity index (χ3n) is 2.33. The molecule has 11 heavy (non-hydrogen) atoms. The minimum absolute atomic E-state index is 0.0556. The normalized spacial score (nSPS) is 29.4. The highest BCUT2D eigenvalue weighted by Gasteiger charge is 2.40. The van der Waals surface area contributed by atoms with Gasteiger partial charge in [0, 0.05) is 18.2 Å². The van der Waals surface area contributed by atoms with Gasteiger partial charge < -0.3 is 14.9 Å². The fraction of sp³-hybridized carbons (Fsp3) is 0.875. The number of hydrogen-bond acceptors (Lipinski definition) is 3. The maximum atomic E-state index is 7.58. The van der Waals surface area contributed by atoms with Crippen LogP contribution in [0.25, 0.3) is 0 Å². The smallest absolute Gasteiger partial charge is 0.0916 e. The van der Waals surface area contributed by atoms with E-state index in [0.29, 0.717) is 18.9 Å². The second-order valence-electron chi connectivity index (χ2n) is 3.46. The van der Waals surface area contributed by atoms with E-state index < -0.39 is 0 Å². The first-order valence-electron chi connectivity index (χ1n) is 3.77. The van der Waals surface area contributed by atoms with E-state index in [4.69, 9.17) is 14.9 Å². The third kappa shape index (κ3) is 1.44. The van der Waals surface area contributed by atoms with Gasteiger partial charge in [0.05, 0.1) is 19.3 Å². The average molecular weight is 157 g/mol. The van der Waals surface area contributed by atoms with Crippen molar-refractivity contribution in [2.24, 2.45) is 5.41 Å². The lowest BCUT2D eigenvalue weighted by Crippen LogP contribution is -2.33. The minimum atomic E-state index is -0.143. The fourth-order valence-corrected chi connectivity index (χ4v) is 1.18. The molecular formula is C8H15NO2. The molecular weight excluding hydrogens is 142 g/mol. The Hall–Kier alpha value is -0.410. The summed E-state index contributed by atoms with van der Waals surface area (Å²) in [6, 6.07) is 0. The fourth-order valence-electron chi connectivity index (χ4n) is 1.18. The van der Waals surface area contributed by atoms with E-state index in [1.807, 2.05) is 13.8 Å². The number of methoxy groups -OCH3 is 1. The predicted octanol–water partition coefficient (Wildman–Crippen LogP) is 1.08. The van der Waals surface area contributed by atoms with Crippen molar-refractivity contribution in [2.45, 2.75) is 20.0 Å². The van der Waals surface area contributed by atoms with E-state index in [1.165, 1.54) is 0 Å². The molecule has 1 N–H and O–H groups in total. The maximum Gasteiger partial charge on any atom is 0.0916 e. The van der Waals surface area contributed by atoms with E-state index in [9.17, 15) is 0 Å². The highest BCUT2D eigenvalue weighted by Crippen LogP contribution is 2.30. The van der Waals surface area contributed by atoms with E-state index in [1.54, 1.807) is 7.11 Å². The van der Waals surface area contributed by atoms with Gasteiger partial charge in [0.15, 0.2) is 0 Å². The number of rotatable bonds is 2.